The van der Waals surface area contributed by atoms with Gasteiger partial charge >= 0.3 is 5.95 Å². The van der Waals surface area contributed by atoms with Crippen LogP contribution in [0.4, 0.5) is 0 Å². The number of rotatable bonds is 7. The summed E-state index contributed by atoms with van der Waals surface area (Å²) in [6.07, 6.45) is 0.406. The summed E-state index contributed by atoms with van der Waals surface area (Å²) in [7, 11) is -2.32. The number of nitrogens with zero attached hydrogens (tertiary/aromatic N) is 1. The van der Waals surface area contributed by atoms with Crippen LogP contribution in [0.25, 0.3) is 0 Å². The summed E-state index contributed by atoms with van der Waals surface area (Å²) < 4.78 is 38.2. The molecule has 0 amide bonds. The van der Waals surface area contributed by atoms with E-state index >= 15 is 0 Å². The van der Waals surface area contributed by atoms with Crippen LogP contribution >= 0.6 is 11.6 Å². The number of ether oxygens (including phenoxy) is 1. The first-order chi connectivity index (χ1) is 12.5. The molecule has 0 saturated carbocycles. The van der Waals surface area contributed by atoms with Gasteiger partial charge in [-0.25, -0.2) is 13.1 Å². The van der Waals surface area contributed by atoms with Crippen LogP contribution in [0, 0.1) is 0 Å². The Kier molecular flexibility index (Phi) is 5.61. The first-order valence-electron chi connectivity index (χ1n) is 7.80. The van der Waals surface area contributed by atoms with Gasteiger partial charge in [-0.05, 0) is 36.2 Å². The third kappa shape index (κ3) is 4.43. The highest BCUT2D eigenvalue weighted by Gasteiger charge is 2.25. The van der Waals surface area contributed by atoms with Gasteiger partial charge in [0.1, 0.15) is 5.69 Å². The highest BCUT2D eigenvalue weighted by molar-refractivity contribution is 7.89. The van der Waals surface area contributed by atoms with Crippen molar-refractivity contribution in [2.45, 2.75) is 17.4 Å². The summed E-state index contributed by atoms with van der Waals surface area (Å²) >= 11 is 5.84. The van der Waals surface area contributed by atoms with Crippen molar-refractivity contribution in [2.75, 3.05) is 7.11 Å². The van der Waals surface area contributed by atoms with Gasteiger partial charge in [0, 0.05) is 11.1 Å². The molecule has 8 heteroatoms. The second kappa shape index (κ2) is 7.90. The summed E-state index contributed by atoms with van der Waals surface area (Å²) in [6.45, 7) is 0. The maximum absolute atomic E-state index is 12.7. The second-order valence-electron chi connectivity index (χ2n) is 5.59. The lowest BCUT2D eigenvalue weighted by molar-refractivity contribution is 0.258. The van der Waals surface area contributed by atoms with Crippen LogP contribution in [0.3, 0.4) is 0 Å². The summed E-state index contributed by atoms with van der Waals surface area (Å²) in [5, 5.41) is 4.39. The van der Waals surface area contributed by atoms with Crippen molar-refractivity contribution in [1.82, 2.24) is 9.88 Å². The molecule has 1 N–H and O–H groups in total. The monoisotopic (exact) mass is 392 g/mol. The Bertz CT molecular complexity index is 956. The molecule has 6 nitrogen and oxygen atoms in total. The molecule has 0 radical (unpaired) electrons. The lowest BCUT2D eigenvalue weighted by Gasteiger charge is -2.16. The van der Waals surface area contributed by atoms with Crippen LogP contribution in [0.2, 0.25) is 5.02 Å². The minimum atomic E-state index is -3.77. The predicted octanol–water partition coefficient (Wildman–Crippen LogP) is 3.60. The van der Waals surface area contributed by atoms with Crippen molar-refractivity contribution in [3.63, 3.8) is 0 Å². The van der Waals surface area contributed by atoms with Crippen LogP contribution in [-0.4, -0.2) is 20.7 Å². The molecule has 3 aromatic rings. The lowest BCUT2D eigenvalue weighted by Crippen LogP contribution is -2.30. The first-order valence-corrected chi connectivity index (χ1v) is 9.66. The molecule has 0 aliphatic heterocycles. The molecule has 1 atom stereocenters. The molecule has 0 spiro atoms. The maximum Gasteiger partial charge on any atom is 0.311 e. The Balaban J connectivity index is 1.90. The number of halogens is 1. The molecule has 3 rings (SSSR count). The standard InChI is InChI=1S/C18H17ClN2O4S/c1-24-18-12-16(20-25-18)17(11-13-5-3-2-4-6-13)21-26(22,23)15-9-7-14(19)8-10-15/h2-10,12,17,21H,11H2,1H3/t17-/m1/s1. The number of hydrogen-bond acceptors (Lipinski definition) is 5. The molecule has 136 valence electrons. The number of methoxy groups -OCH3 is 1. The molecule has 26 heavy (non-hydrogen) atoms. The van der Waals surface area contributed by atoms with Crippen molar-refractivity contribution in [1.29, 1.82) is 0 Å². The average molecular weight is 393 g/mol. The molecule has 0 aliphatic rings. The number of sulfonamides is 1. The SMILES string of the molecule is COc1cc([C@@H](Cc2ccccc2)NS(=O)(=O)c2ccc(Cl)cc2)no1. The van der Waals surface area contributed by atoms with E-state index < -0.39 is 16.1 Å². The van der Waals surface area contributed by atoms with Gasteiger partial charge in [-0.15, -0.1) is 0 Å². The topological polar surface area (TPSA) is 81.4 Å². The van der Waals surface area contributed by atoms with Crippen LogP contribution in [-0.2, 0) is 16.4 Å². The highest BCUT2D eigenvalue weighted by atomic mass is 35.5. The van der Waals surface area contributed by atoms with Gasteiger partial charge < -0.3 is 9.26 Å². The van der Waals surface area contributed by atoms with Gasteiger partial charge in [-0.1, -0.05) is 47.1 Å². The number of hydrogen-bond donors (Lipinski definition) is 1. The summed E-state index contributed by atoms with van der Waals surface area (Å²) in [6, 6.07) is 16.4. The van der Waals surface area contributed by atoms with Gasteiger partial charge in [0.25, 0.3) is 0 Å². The normalized spacial score (nSPS) is 12.7. The smallest absolute Gasteiger partial charge is 0.311 e. The maximum atomic E-state index is 12.7. The van der Waals surface area contributed by atoms with Gasteiger partial charge in [-0.2, -0.15) is 0 Å². The summed E-state index contributed by atoms with van der Waals surface area (Å²) in [5.41, 5.74) is 1.39. The third-order valence-corrected chi connectivity index (χ3v) is 5.51. The van der Waals surface area contributed by atoms with E-state index in [0.717, 1.165) is 5.56 Å². The zero-order valence-electron chi connectivity index (χ0n) is 13.9. The van der Waals surface area contributed by atoms with Crippen LogP contribution in [0.15, 0.2) is 70.1 Å². The highest BCUT2D eigenvalue weighted by Crippen LogP contribution is 2.24. The van der Waals surface area contributed by atoms with Crippen LogP contribution in [0.5, 0.6) is 5.95 Å². The van der Waals surface area contributed by atoms with E-state index in [-0.39, 0.29) is 10.8 Å². The Morgan fingerprint density at radius 1 is 1.15 bits per heavy atom. The molecule has 0 bridgehead atoms. The van der Waals surface area contributed by atoms with Gasteiger partial charge in [0.15, 0.2) is 0 Å². The Hall–Kier alpha value is -2.35. The largest absolute Gasteiger partial charge is 0.467 e. The van der Waals surface area contributed by atoms with E-state index in [1.807, 2.05) is 30.3 Å². The molecule has 0 unspecified atom stereocenters. The van der Waals surface area contributed by atoms with Crippen LogP contribution < -0.4 is 9.46 Å². The van der Waals surface area contributed by atoms with Crippen molar-refractivity contribution in [2.24, 2.45) is 0 Å². The molecular formula is C18H17ClN2O4S. The third-order valence-electron chi connectivity index (χ3n) is 3.77. The van der Waals surface area contributed by atoms with E-state index in [4.69, 9.17) is 20.9 Å². The Labute approximate surface area is 156 Å². The molecule has 2 aromatic carbocycles. The fraction of sp³-hybridized carbons (Fsp3) is 0.167. The number of nitrogens with one attached hydrogen (secondary N) is 1. The lowest BCUT2D eigenvalue weighted by atomic mass is 10.0. The van der Waals surface area contributed by atoms with Crippen molar-refractivity contribution < 1.29 is 17.7 Å². The Morgan fingerprint density at radius 2 is 1.85 bits per heavy atom. The first kappa shape index (κ1) is 18.4. The van der Waals surface area contributed by atoms with Crippen molar-refractivity contribution in [3.8, 4) is 5.95 Å². The number of benzene rings is 2. The van der Waals surface area contributed by atoms with E-state index in [0.29, 0.717) is 17.1 Å². The summed E-state index contributed by atoms with van der Waals surface area (Å²) in [4.78, 5) is 0.121. The van der Waals surface area contributed by atoms with Gasteiger partial charge in [0.2, 0.25) is 10.0 Å². The Morgan fingerprint density at radius 3 is 2.46 bits per heavy atom. The molecule has 0 saturated heterocycles. The summed E-state index contributed by atoms with van der Waals surface area (Å²) in [5.74, 6) is 0.212. The molecular weight excluding hydrogens is 376 g/mol. The molecule has 1 aromatic heterocycles. The van der Waals surface area contributed by atoms with Gasteiger partial charge in [-0.3, -0.25) is 0 Å². The minimum Gasteiger partial charge on any atom is -0.467 e. The quantitative estimate of drug-likeness (QED) is 0.664. The predicted molar refractivity (Wildman–Crippen MR) is 97.7 cm³/mol. The zero-order chi connectivity index (χ0) is 18.6. The molecule has 0 aliphatic carbocycles. The van der Waals surface area contributed by atoms with Gasteiger partial charge in [0.05, 0.1) is 18.0 Å². The minimum absolute atomic E-state index is 0.121. The van der Waals surface area contributed by atoms with E-state index in [2.05, 4.69) is 9.88 Å². The molecule has 0 fully saturated rings. The number of aromatic nitrogens is 1. The molecule has 1 heterocycles. The van der Waals surface area contributed by atoms with Crippen LogP contribution in [0.1, 0.15) is 17.3 Å². The van der Waals surface area contributed by atoms with Crippen molar-refractivity contribution >= 4 is 21.6 Å². The fourth-order valence-electron chi connectivity index (χ4n) is 2.46. The van der Waals surface area contributed by atoms with Crippen molar-refractivity contribution in [3.05, 3.63) is 76.9 Å². The zero-order valence-corrected chi connectivity index (χ0v) is 15.5. The van der Waals surface area contributed by atoms with E-state index in [9.17, 15) is 8.42 Å². The van der Waals surface area contributed by atoms with E-state index in [1.165, 1.54) is 31.4 Å². The van der Waals surface area contributed by atoms with E-state index in [1.54, 1.807) is 6.07 Å². The second-order valence-corrected chi connectivity index (χ2v) is 7.74. The fourth-order valence-corrected chi connectivity index (χ4v) is 3.79. The average Bonchev–Trinajstić information content (AvgIpc) is 3.11.